The minimum absolute atomic E-state index is 0.0929. The van der Waals surface area contributed by atoms with Crippen LogP contribution in [-0.4, -0.2) is 28.0 Å². The van der Waals surface area contributed by atoms with E-state index < -0.39 is 0 Å². The number of carbonyl (C=O) groups excluding carboxylic acids is 1. The van der Waals surface area contributed by atoms with Crippen molar-refractivity contribution in [1.29, 1.82) is 5.26 Å². The van der Waals surface area contributed by atoms with E-state index in [9.17, 15) is 10.1 Å². The molecule has 1 heterocycles. The van der Waals surface area contributed by atoms with E-state index in [0.717, 1.165) is 22.6 Å². The minimum Gasteiger partial charge on any atom is -0.489 e. The first-order valence-corrected chi connectivity index (χ1v) is 10.7. The van der Waals surface area contributed by atoms with Crippen molar-refractivity contribution in [1.82, 2.24) is 15.3 Å². The smallest absolute Gasteiger partial charge is 0.271 e. The fourth-order valence-electron chi connectivity index (χ4n) is 5.06. The molecule has 1 aromatic carbocycles. The highest BCUT2D eigenvalue weighted by Gasteiger charge is 2.64. The lowest BCUT2D eigenvalue weighted by molar-refractivity contribution is -0.164. The molecule has 0 atom stereocenters. The van der Waals surface area contributed by atoms with Crippen molar-refractivity contribution in [3.05, 3.63) is 52.6 Å². The molecule has 3 rings (SSSR count). The van der Waals surface area contributed by atoms with Gasteiger partial charge in [-0.3, -0.25) is 9.78 Å². The molecule has 0 spiro atoms. The van der Waals surface area contributed by atoms with Gasteiger partial charge in [0.25, 0.3) is 5.91 Å². The molecule has 0 radical (unpaired) electrons. The second-order valence-corrected chi connectivity index (χ2v) is 10.1. The molecule has 1 saturated carbocycles. The van der Waals surface area contributed by atoms with Crippen molar-refractivity contribution in [2.45, 2.75) is 73.5 Å². The van der Waals surface area contributed by atoms with Gasteiger partial charge >= 0.3 is 0 Å². The molecule has 6 heteroatoms. The monoisotopic (exact) mass is 420 g/mol. The molecule has 6 nitrogen and oxygen atoms in total. The lowest BCUT2D eigenvalue weighted by Crippen LogP contribution is -2.74. The highest BCUT2D eigenvalue weighted by molar-refractivity contribution is 5.92. The third kappa shape index (κ3) is 4.01. The van der Waals surface area contributed by atoms with E-state index in [4.69, 9.17) is 4.74 Å². The van der Waals surface area contributed by atoms with Gasteiger partial charge in [-0.05, 0) is 43.0 Å². The molecule has 0 unspecified atom stereocenters. The molecule has 1 N–H and O–H groups in total. The Bertz CT molecular complexity index is 993. The second-order valence-electron chi connectivity index (χ2n) is 10.1. The number of nitrogens with zero attached hydrogens (tertiary/aromatic N) is 3. The Hall–Kier alpha value is -2.94. The van der Waals surface area contributed by atoms with Crippen LogP contribution in [0.15, 0.2) is 24.5 Å². The SMILES string of the molecule is Cc1cc(O[C@H]2C(C)(C)[C@H](NC(=O)c3cnc(C(C)C)cn3)C2(C)C)cc(C)c1C#N. The van der Waals surface area contributed by atoms with Crippen molar-refractivity contribution < 1.29 is 9.53 Å². The van der Waals surface area contributed by atoms with Crippen LogP contribution < -0.4 is 10.1 Å². The number of benzene rings is 1. The summed E-state index contributed by atoms with van der Waals surface area (Å²) in [5.74, 6) is 0.791. The number of hydrogen-bond acceptors (Lipinski definition) is 5. The topological polar surface area (TPSA) is 87.9 Å². The normalized spacial score (nSPS) is 21.2. The summed E-state index contributed by atoms with van der Waals surface area (Å²) < 4.78 is 6.41. The van der Waals surface area contributed by atoms with Gasteiger partial charge in [0, 0.05) is 23.1 Å². The van der Waals surface area contributed by atoms with Gasteiger partial charge in [-0.15, -0.1) is 0 Å². The van der Waals surface area contributed by atoms with Gasteiger partial charge in [0.1, 0.15) is 17.5 Å². The summed E-state index contributed by atoms with van der Waals surface area (Å²) in [7, 11) is 0. The van der Waals surface area contributed by atoms with Gasteiger partial charge in [-0.25, -0.2) is 4.98 Å². The molecule has 0 aliphatic heterocycles. The lowest BCUT2D eigenvalue weighted by Gasteiger charge is -2.63. The summed E-state index contributed by atoms with van der Waals surface area (Å²) in [4.78, 5) is 21.5. The number of ether oxygens (including phenoxy) is 1. The molecular formula is C25H32N4O2. The van der Waals surface area contributed by atoms with E-state index in [1.165, 1.54) is 0 Å². The van der Waals surface area contributed by atoms with Crippen LogP contribution in [0.1, 0.15) is 80.3 Å². The van der Waals surface area contributed by atoms with Crippen LogP contribution in [0.2, 0.25) is 0 Å². The number of aryl methyl sites for hydroxylation is 2. The Kier molecular flexibility index (Phi) is 5.84. The maximum absolute atomic E-state index is 12.8. The Morgan fingerprint density at radius 2 is 1.68 bits per heavy atom. The standard InChI is InChI=1S/C25H32N4O2/c1-14(2)19-12-28-20(13-27-19)21(30)29-22-24(5,6)23(25(22,7)8)31-17-9-15(3)18(11-26)16(4)10-17/h9-10,12-14,22-23H,1-8H3,(H,29,30)/t22-,23-. The van der Waals surface area contributed by atoms with Crippen LogP contribution in [-0.2, 0) is 0 Å². The lowest BCUT2D eigenvalue weighted by atomic mass is 9.49. The van der Waals surface area contributed by atoms with Gasteiger partial charge in [-0.1, -0.05) is 41.5 Å². The van der Waals surface area contributed by atoms with E-state index in [1.807, 2.05) is 39.8 Å². The van der Waals surface area contributed by atoms with Crippen molar-refractivity contribution in [2.75, 3.05) is 0 Å². The third-order valence-corrected chi connectivity index (χ3v) is 6.48. The van der Waals surface area contributed by atoms with Gasteiger partial charge in [-0.2, -0.15) is 5.26 Å². The fourth-order valence-corrected chi connectivity index (χ4v) is 5.06. The van der Waals surface area contributed by atoms with Crippen molar-refractivity contribution in [3.8, 4) is 11.8 Å². The second kappa shape index (κ2) is 7.96. The molecule has 1 aliphatic carbocycles. The number of hydrogen-bond donors (Lipinski definition) is 1. The molecule has 0 bridgehead atoms. The molecule has 1 fully saturated rings. The zero-order valence-corrected chi connectivity index (χ0v) is 19.7. The Balaban J connectivity index is 1.77. The Morgan fingerprint density at radius 1 is 1.10 bits per heavy atom. The van der Waals surface area contributed by atoms with Crippen LogP contribution in [0.5, 0.6) is 5.75 Å². The summed E-state index contributed by atoms with van der Waals surface area (Å²) in [6.07, 6.45) is 3.10. The zero-order valence-electron chi connectivity index (χ0n) is 19.7. The van der Waals surface area contributed by atoms with E-state index in [2.05, 4.69) is 49.0 Å². The fraction of sp³-hybridized carbons (Fsp3) is 0.520. The largest absolute Gasteiger partial charge is 0.489 e. The van der Waals surface area contributed by atoms with Gasteiger partial charge in [0.15, 0.2) is 0 Å². The van der Waals surface area contributed by atoms with Gasteiger partial charge < -0.3 is 10.1 Å². The first kappa shape index (κ1) is 22.7. The van der Waals surface area contributed by atoms with Gasteiger partial charge in [0.2, 0.25) is 0 Å². The highest BCUT2D eigenvalue weighted by Crippen LogP contribution is 2.55. The predicted molar refractivity (Wildman–Crippen MR) is 120 cm³/mol. The molecule has 1 aliphatic rings. The summed E-state index contributed by atoms with van der Waals surface area (Å²) >= 11 is 0. The molecule has 31 heavy (non-hydrogen) atoms. The number of amides is 1. The third-order valence-electron chi connectivity index (χ3n) is 6.48. The maximum atomic E-state index is 12.8. The molecule has 0 saturated heterocycles. The first-order chi connectivity index (χ1) is 14.4. The number of nitrogens with one attached hydrogen (secondary N) is 1. The van der Waals surface area contributed by atoms with Crippen LogP contribution >= 0.6 is 0 Å². The molecule has 1 aromatic heterocycles. The van der Waals surface area contributed by atoms with Gasteiger partial charge in [0.05, 0.1) is 23.5 Å². The summed E-state index contributed by atoms with van der Waals surface area (Å²) in [5.41, 5.74) is 3.09. The molecule has 1 amide bonds. The Morgan fingerprint density at radius 3 is 2.13 bits per heavy atom. The van der Waals surface area contributed by atoms with Crippen LogP contribution in [0.3, 0.4) is 0 Å². The molecule has 2 aromatic rings. The maximum Gasteiger partial charge on any atom is 0.271 e. The van der Waals surface area contributed by atoms with E-state index >= 15 is 0 Å². The number of aromatic nitrogens is 2. The number of nitriles is 1. The van der Waals surface area contributed by atoms with Crippen LogP contribution in [0.4, 0.5) is 0 Å². The summed E-state index contributed by atoms with van der Waals surface area (Å²) in [6, 6.07) is 5.98. The van der Waals surface area contributed by atoms with Crippen LogP contribution in [0, 0.1) is 36.0 Å². The van der Waals surface area contributed by atoms with E-state index in [0.29, 0.717) is 11.3 Å². The molecule has 164 valence electrons. The first-order valence-electron chi connectivity index (χ1n) is 10.7. The summed E-state index contributed by atoms with van der Waals surface area (Å²) in [6.45, 7) is 16.3. The van der Waals surface area contributed by atoms with Crippen molar-refractivity contribution in [3.63, 3.8) is 0 Å². The number of rotatable bonds is 5. The average molecular weight is 421 g/mol. The minimum atomic E-state index is -0.291. The molecular weight excluding hydrogens is 388 g/mol. The average Bonchev–Trinajstić information content (AvgIpc) is 2.69. The number of carbonyl (C=O) groups is 1. The zero-order chi connectivity index (χ0) is 23.1. The quantitative estimate of drug-likeness (QED) is 0.757. The van der Waals surface area contributed by atoms with E-state index in [-0.39, 0.29) is 34.8 Å². The highest BCUT2D eigenvalue weighted by atomic mass is 16.5. The predicted octanol–water partition coefficient (Wildman–Crippen LogP) is 4.70. The van der Waals surface area contributed by atoms with E-state index in [1.54, 1.807) is 12.4 Å². The van der Waals surface area contributed by atoms with Crippen molar-refractivity contribution in [2.24, 2.45) is 10.8 Å². The Labute approximate surface area is 185 Å². The summed E-state index contributed by atoms with van der Waals surface area (Å²) in [5, 5.41) is 12.5. The van der Waals surface area contributed by atoms with Crippen LogP contribution in [0.25, 0.3) is 0 Å². The van der Waals surface area contributed by atoms with Crippen molar-refractivity contribution >= 4 is 5.91 Å².